The molecule has 2 aromatic carbocycles. The van der Waals surface area contributed by atoms with Crippen LogP contribution in [0, 0.1) is 6.92 Å². The Morgan fingerprint density at radius 3 is 2.26 bits per heavy atom. The van der Waals surface area contributed by atoms with Gasteiger partial charge in [0.25, 0.3) is 0 Å². The maximum atomic E-state index is 13.1. The third-order valence-corrected chi connectivity index (χ3v) is 6.02. The number of aryl methyl sites for hydroxylation is 1. The summed E-state index contributed by atoms with van der Waals surface area (Å²) < 4.78 is 23.8. The van der Waals surface area contributed by atoms with Gasteiger partial charge in [-0.25, -0.2) is 0 Å². The van der Waals surface area contributed by atoms with Crippen molar-refractivity contribution in [2.24, 2.45) is 0 Å². The quantitative estimate of drug-likeness (QED) is 0.574. The van der Waals surface area contributed by atoms with Crippen molar-refractivity contribution >= 4 is 39.9 Å². The highest BCUT2D eigenvalue weighted by atomic mass is 32.2. The molecule has 2 aromatic rings. The van der Waals surface area contributed by atoms with Crippen LogP contribution in [0.25, 0.3) is 0 Å². The molecule has 35 heavy (non-hydrogen) atoms. The molecule has 0 saturated carbocycles. The fraction of sp³-hybridized carbons (Fsp3) is 0.400. The van der Waals surface area contributed by atoms with Crippen LogP contribution in [0.15, 0.2) is 42.5 Å². The Hall–Kier alpha value is -3.40. The van der Waals surface area contributed by atoms with Crippen LogP contribution in [0.1, 0.15) is 26.3 Å². The number of hydrogen-bond acceptors (Lipinski definition) is 6. The fourth-order valence-electron chi connectivity index (χ4n) is 3.37. The predicted octanol–water partition coefficient (Wildman–Crippen LogP) is 2.40. The number of rotatable bonds is 8. The molecule has 1 unspecified atom stereocenters. The van der Waals surface area contributed by atoms with Crippen molar-refractivity contribution in [2.75, 3.05) is 41.5 Å². The number of fused-ring (bicyclic) bond motifs is 1. The van der Waals surface area contributed by atoms with Gasteiger partial charge in [-0.1, -0.05) is 17.7 Å². The number of amides is 3. The summed E-state index contributed by atoms with van der Waals surface area (Å²) in [4.78, 5) is 39.3. The normalized spacial score (nSPS) is 13.5. The minimum absolute atomic E-state index is 0.275. The van der Waals surface area contributed by atoms with Crippen LogP contribution in [-0.4, -0.2) is 58.7 Å². The number of ether oxygens (including phenoxy) is 2. The van der Waals surface area contributed by atoms with Crippen LogP contribution in [0.4, 0.5) is 11.4 Å². The van der Waals surface area contributed by atoms with Gasteiger partial charge in [0.1, 0.15) is 31.3 Å². The lowest BCUT2D eigenvalue weighted by atomic mass is 10.1. The number of carbonyl (C=O) groups excluding carboxylic acids is 3. The molecule has 0 aromatic heterocycles. The Bertz CT molecular complexity index is 1110. The van der Waals surface area contributed by atoms with E-state index in [4.69, 9.17) is 9.47 Å². The monoisotopic (exact) mass is 501 g/mol. The first kappa shape index (κ1) is 26.2. The Morgan fingerprint density at radius 2 is 1.60 bits per heavy atom. The van der Waals surface area contributed by atoms with E-state index in [1.165, 1.54) is 4.90 Å². The van der Waals surface area contributed by atoms with Crippen LogP contribution in [0.3, 0.4) is 0 Å². The SMILES string of the molecule is Cc1ccc(NC(=O)CS(=O)CC(=O)N(CC(=O)NC(C)(C)C)c2ccc3c(c2)OCCO3)cc1. The molecular weight excluding hydrogens is 470 g/mol. The van der Waals surface area contributed by atoms with Crippen molar-refractivity contribution in [3.8, 4) is 11.5 Å². The molecule has 10 heteroatoms. The molecule has 2 N–H and O–H groups in total. The largest absolute Gasteiger partial charge is 0.486 e. The van der Waals surface area contributed by atoms with E-state index in [9.17, 15) is 18.6 Å². The highest BCUT2D eigenvalue weighted by Crippen LogP contribution is 2.34. The molecular formula is C25H31N3O6S. The van der Waals surface area contributed by atoms with E-state index in [0.29, 0.717) is 36.1 Å². The second-order valence-corrected chi connectivity index (χ2v) is 10.7. The van der Waals surface area contributed by atoms with Crippen LogP contribution < -0.4 is 25.0 Å². The lowest BCUT2D eigenvalue weighted by molar-refractivity contribution is -0.124. The smallest absolute Gasteiger partial charge is 0.240 e. The van der Waals surface area contributed by atoms with E-state index in [1.54, 1.807) is 30.3 Å². The lowest BCUT2D eigenvalue weighted by Crippen LogP contribution is -2.48. The van der Waals surface area contributed by atoms with Crippen LogP contribution in [-0.2, 0) is 25.2 Å². The Labute approximate surface area is 207 Å². The predicted molar refractivity (Wildman–Crippen MR) is 135 cm³/mol. The number of carbonyl (C=O) groups is 3. The van der Waals surface area contributed by atoms with Crippen molar-refractivity contribution in [1.82, 2.24) is 5.32 Å². The van der Waals surface area contributed by atoms with Gasteiger partial charge in [-0.05, 0) is 52.0 Å². The van der Waals surface area contributed by atoms with Gasteiger partial charge >= 0.3 is 0 Å². The van der Waals surface area contributed by atoms with E-state index in [1.807, 2.05) is 39.8 Å². The molecule has 0 bridgehead atoms. The molecule has 1 aliphatic heterocycles. The van der Waals surface area contributed by atoms with Crippen molar-refractivity contribution in [3.05, 3.63) is 48.0 Å². The highest BCUT2D eigenvalue weighted by Gasteiger charge is 2.25. The van der Waals surface area contributed by atoms with E-state index < -0.39 is 33.9 Å². The molecule has 1 aliphatic rings. The minimum atomic E-state index is -1.78. The first-order chi connectivity index (χ1) is 16.5. The van der Waals surface area contributed by atoms with E-state index in [-0.39, 0.29) is 18.2 Å². The highest BCUT2D eigenvalue weighted by molar-refractivity contribution is 7.86. The number of benzene rings is 2. The van der Waals surface area contributed by atoms with Gasteiger partial charge in [0, 0.05) is 33.8 Å². The maximum absolute atomic E-state index is 13.1. The summed E-state index contributed by atoms with van der Waals surface area (Å²) in [5.74, 6) is -1.14. The first-order valence-electron chi connectivity index (χ1n) is 11.2. The maximum Gasteiger partial charge on any atom is 0.240 e. The number of anilines is 2. The summed E-state index contributed by atoms with van der Waals surface area (Å²) in [5, 5.41) is 5.50. The third kappa shape index (κ3) is 8.10. The average molecular weight is 502 g/mol. The molecule has 188 valence electrons. The second-order valence-electron chi connectivity index (χ2n) is 9.25. The Morgan fingerprint density at radius 1 is 0.943 bits per heavy atom. The molecule has 0 aliphatic carbocycles. The molecule has 0 spiro atoms. The van der Waals surface area contributed by atoms with Gasteiger partial charge in [0.15, 0.2) is 11.5 Å². The minimum Gasteiger partial charge on any atom is -0.486 e. The summed E-state index contributed by atoms with van der Waals surface area (Å²) in [6.45, 7) is 7.96. The first-order valence-corrected chi connectivity index (χ1v) is 12.7. The van der Waals surface area contributed by atoms with Crippen LogP contribution in [0.5, 0.6) is 11.5 Å². The van der Waals surface area contributed by atoms with Gasteiger partial charge in [0.2, 0.25) is 17.7 Å². The van der Waals surface area contributed by atoms with Crippen LogP contribution in [0.2, 0.25) is 0 Å². The molecule has 3 amide bonds. The molecule has 0 saturated heterocycles. The molecule has 3 rings (SSSR count). The summed E-state index contributed by atoms with van der Waals surface area (Å²) in [5.41, 5.74) is 1.55. The standard InChI is InChI=1S/C25H31N3O6S/c1-17-5-7-18(8-6-17)26-23(30)15-35(32)16-24(31)28(14-22(29)27-25(2,3)4)19-9-10-20-21(13-19)34-12-11-33-20/h5-10,13H,11-12,14-16H2,1-4H3,(H,26,30)(H,27,29). The van der Waals surface area contributed by atoms with E-state index in [0.717, 1.165) is 5.56 Å². The number of nitrogens with one attached hydrogen (secondary N) is 2. The van der Waals surface area contributed by atoms with Gasteiger partial charge in [-0.2, -0.15) is 0 Å². The van der Waals surface area contributed by atoms with E-state index >= 15 is 0 Å². The average Bonchev–Trinajstić information content (AvgIpc) is 2.77. The number of nitrogens with zero attached hydrogens (tertiary/aromatic N) is 1. The zero-order chi connectivity index (χ0) is 25.6. The molecule has 0 fully saturated rings. The Kier molecular flexibility index (Phi) is 8.50. The van der Waals surface area contributed by atoms with Gasteiger partial charge in [-0.15, -0.1) is 0 Å². The topological polar surface area (TPSA) is 114 Å². The zero-order valence-electron chi connectivity index (χ0n) is 20.4. The molecule has 9 nitrogen and oxygen atoms in total. The van der Waals surface area contributed by atoms with Gasteiger partial charge < -0.3 is 25.0 Å². The van der Waals surface area contributed by atoms with Crippen molar-refractivity contribution < 1.29 is 28.1 Å². The van der Waals surface area contributed by atoms with Gasteiger partial charge in [0.05, 0.1) is 0 Å². The third-order valence-electron chi connectivity index (χ3n) is 4.87. The number of hydrogen-bond donors (Lipinski definition) is 2. The summed E-state index contributed by atoms with van der Waals surface area (Å²) >= 11 is 0. The van der Waals surface area contributed by atoms with Crippen LogP contribution >= 0.6 is 0 Å². The summed E-state index contributed by atoms with van der Waals surface area (Å²) in [7, 11) is -1.78. The van der Waals surface area contributed by atoms with Crippen molar-refractivity contribution in [3.63, 3.8) is 0 Å². The second kappa shape index (κ2) is 11.4. The lowest BCUT2D eigenvalue weighted by Gasteiger charge is -2.27. The van der Waals surface area contributed by atoms with E-state index in [2.05, 4.69) is 10.6 Å². The molecule has 1 heterocycles. The van der Waals surface area contributed by atoms with Gasteiger partial charge in [-0.3, -0.25) is 18.6 Å². The fourth-order valence-corrected chi connectivity index (χ4v) is 4.27. The van der Waals surface area contributed by atoms with Crippen molar-refractivity contribution in [1.29, 1.82) is 0 Å². The Balaban J connectivity index is 1.70. The summed E-state index contributed by atoms with van der Waals surface area (Å²) in [6, 6.07) is 12.1. The molecule has 0 radical (unpaired) electrons. The zero-order valence-corrected chi connectivity index (χ0v) is 21.2. The molecule has 1 atom stereocenters. The summed E-state index contributed by atoms with van der Waals surface area (Å²) in [6.07, 6.45) is 0. The van der Waals surface area contributed by atoms with Crippen molar-refractivity contribution in [2.45, 2.75) is 33.2 Å².